The van der Waals surface area contributed by atoms with E-state index in [9.17, 15) is 14.7 Å². The highest BCUT2D eigenvalue weighted by atomic mass is 16.7. The smallest absolute Gasteiger partial charge is 0.295 e. The van der Waals surface area contributed by atoms with Crippen molar-refractivity contribution in [3.05, 3.63) is 101 Å². The van der Waals surface area contributed by atoms with Crippen LogP contribution >= 0.6 is 0 Å². The van der Waals surface area contributed by atoms with Gasteiger partial charge in [0.1, 0.15) is 5.76 Å². The van der Waals surface area contributed by atoms with Gasteiger partial charge >= 0.3 is 0 Å². The standard InChI is InChI=1S/C26H21NO5/c28-24(18-9-5-2-6-10-18)22-23(19-11-12-20-21(15-19)32-16-31-20)27(26(30)25(22)29)14-13-17-7-3-1-4-8-17/h1-12,15,23,28H,13-14,16H2/b24-22+. The van der Waals surface area contributed by atoms with Gasteiger partial charge in [0, 0.05) is 12.1 Å². The Bertz CT molecular complexity index is 1200. The lowest BCUT2D eigenvalue weighted by atomic mass is 9.95. The van der Waals surface area contributed by atoms with E-state index in [4.69, 9.17) is 9.47 Å². The molecule has 0 aromatic heterocycles. The van der Waals surface area contributed by atoms with Crippen molar-refractivity contribution in [1.82, 2.24) is 4.90 Å². The molecule has 1 N–H and O–H groups in total. The van der Waals surface area contributed by atoms with Gasteiger partial charge in [0.25, 0.3) is 11.7 Å². The van der Waals surface area contributed by atoms with Crippen LogP contribution in [0.3, 0.4) is 0 Å². The zero-order chi connectivity index (χ0) is 22.1. The third-order valence-corrected chi connectivity index (χ3v) is 5.78. The zero-order valence-electron chi connectivity index (χ0n) is 17.2. The molecule has 0 aliphatic carbocycles. The molecule has 1 saturated heterocycles. The molecule has 6 heteroatoms. The first-order valence-electron chi connectivity index (χ1n) is 10.4. The number of carbonyl (C=O) groups excluding carboxylic acids is 2. The highest BCUT2D eigenvalue weighted by Gasteiger charge is 2.46. The Hall–Kier alpha value is -4.06. The summed E-state index contributed by atoms with van der Waals surface area (Å²) in [7, 11) is 0. The summed E-state index contributed by atoms with van der Waals surface area (Å²) in [5.41, 5.74) is 2.30. The minimum absolute atomic E-state index is 0.0770. The molecule has 3 aromatic rings. The monoisotopic (exact) mass is 427 g/mol. The quantitative estimate of drug-likeness (QED) is 0.377. The van der Waals surface area contributed by atoms with Crippen LogP contribution in [0.4, 0.5) is 0 Å². The first kappa shape index (κ1) is 19.9. The number of rotatable bonds is 5. The third kappa shape index (κ3) is 3.50. The number of ketones is 1. The van der Waals surface area contributed by atoms with Crippen molar-refractivity contribution in [3.63, 3.8) is 0 Å². The molecule has 1 atom stereocenters. The van der Waals surface area contributed by atoms with Crippen LogP contribution in [-0.2, 0) is 16.0 Å². The normalized spacial score (nSPS) is 18.9. The van der Waals surface area contributed by atoms with Crippen LogP contribution in [-0.4, -0.2) is 35.0 Å². The minimum Gasteiger partial charge on any atom is -0.507 e. The van der Waals surface area contributed by atoms with Gasteiger partial charge in [-0.25, -0.2) is 0 Å². The predicted molar refractivity (Wildman–Crippen MR) is 118 cm³/mol. The van der Waals surface area contributed by atoms with Crippen molar-refractivity contribution in [1.29, 1.82) is 0 Å². The van der Waals surface area contributed by atoms with E-state index in [1.807, 2.05) is 36.4 Å². The van der Waals surface area contributed by atoms with Crippen LogP contribution in [0.5, 0.6) is 11.5 Å². The molecule has 1 fully saturated rings. The molecule has 3 aromatic carbocycles. The van der Waals surface area contributed by atoms with Crippen molar-refractivity contribution >= 4 is 17.4 Å². The summed E-state index contributed by atoms with van der Waals surface area (Å²) >= 11 is 0. The molecule has 32 heavy (non-hydrogen) atoms. The van der Waals surface area contributed by atoms with Crippen molar-refractivity contribution in [2.75, 3.05) is 13.3 Å². The summed E-state index contributed by atoms with van der Waals surface area (Å²) in [6, 6.07) is 23.2. The molecular weight excluding hydrogens is 406 g/mol. The Balaban J connectivity index is 1.59. The van der Waals surface area contributed by atoms with Crippen LogP contribution in [0.25, 0.3) is 5.76 Å². The van der Waals surface area contributed by atoms with Crippen molar-refractivity contribution < 1.29 is 24.2 Å². The van der Waals surface area contributed by atoms with Crippen molar-refractivity contribution in [2.45, 2.75) is 12.5 Å². The Labute approximate surface area is 185 Å². The molecular formula is C26H21NO5. The largest absolute Gasteiger partial charge is 0.507 e. The maximum atomic E-state index is 13.1. The molecule has 6 nitrogen and oxygen atoms in total. The second kappa shape index (κ2) is 8.23. The Kier molecular flexibility index (Phi) is 5.11. The van der Waals surface area contributed by atoms with E-state index >= 15 is 0 Å². The molecule has 0 radical (unpaired) electrons. The summed E-state index contributed by atoms with van der Waals surface area (Å²) in [4.78, 5) is 27.7. The van der Waals surface area contributed by atoms with E-state index < -0.39 is 17.7 Å². The summed E-state index contributed by atoms with van der Waals surface area (Å²) in [5.74, 6) is -0.342. The first-order chi connectivity index (χ1) is 15.6. The van der Waals surface area contributed by atoms with Gasteiger partial charge in [0.05, 0.1) is 11.6 Å². The minimum atomic E-state index is -0.728. The molecule has 1 amide bonds. The second-order valence-electron chi connectivity index (χ2n) is 7.71. The van der Waals surface area contributed by atoms with Gasteiger partial charge in [-0.2, -0.15) is 0 Å². The molecule has 0 spiro atoms. The Morgan fingerprint density at radius 2 is 1.59 bits per heavy atom. The lowest BCUT2D eigenvalue weighted by molar-refractivity contribution is -0.139. The van der Waals surface area contributed by atoms with E-state index in [2.05, 4.69) is 0 Å². The molecule has 2 heterocycles. The lowest BCUT2D eigenvalue weighted by Gasteiger charge is -2.25. The number of fused-ring (bicyclic) bond motifs is 1. The molecule has 2 aliphatic heterocycles. The van der Waals surface area contributed by atoms with Crippen LogP contribution in [0, 0.1) is 0 Å². The number of Topliss-reactive ketones (excluding diaryl/α,β-unsaturated/α-hetero) is 1. The summed E-state index contributed by atoms with van der Waals surface area (Å²) < 4.78 is 10.9. The Morgan fingerprint density at radius 3 is 2.34 bits per heavy atom. The third-order valence-electron chi connectivity index (χ3n) is 5.78. The van der Waals surface area contributed by atoms with Gasteiger partial charge < -0.3 is 19.5 Å². The van der Waals surface area contributed by atoms with E-state index in [1.54, 1.807) is 42.5 Å². The fourth-order valence-electron chi connectivity index (χ4n) is 4.19. The number of aliphatic hydroxyl groups is 1. The van der Waals surface area contributed by atoms with Crippen LogP contribution < -0.4 is 9.47 Å². The van der Waals surface area contributed by atoms with E-state index in [0.717, 1.165) is 5.56 Å². The molecule has 5 rings (SSSR count). The SMILES string of the molecule is O=C1C(=O)N(CCc2ccccc2)C(c2ccc3c(c2)OCO3)/C1=C(\O)c1ccccc1. The summed E-state index contributed by atoms with van der Waals surface area (Å²) in [6.45, 7) is 0.455. The number of aliphatic hydroxyl groups excluding tert-OH is 1. The van der Waals surface area contributed by atoms with Crippen LogP contribution in [0.1, 0.15) is 22.7 Å². The molecule has 160 valence electrons. The number of carbonyl (C=O) groups is 2. The van der Waals surface area contributed by atoms with Gasteiger partial charge in [0.15, 0.2) is 11.5 Å². The molecule has 2 aliphatic rings. The Morgan fingerprint density at radius 1 is 0.906 bits per heavy atom. The summed E-state index contributed by atoms with van der Waals surface area (Å²) in [5, 5.41) is 11.1. The fraction of sp³-hybridized carbons (Fsp3) is 0.154. The molecule has 1 unspecified atom stereocenters. The highest BCUT2D eigenvalue weighted by Crippen LogP contribution is 2.43. The number of benzene rings is 3. The average Bonchev–Trinajstić information content (AvgIpc) is 3.40. The van der Waals surface area contributed by atoms with Gasteiger partial charge in [0.2, 0.25) is 6.79 Å². The number of ether oxygens (including phenoxy) is 2. The van der Waals surface area contributed by atoms with Gasteiger partial charge in [-0.05, 0) is 29.7 Å². The van der Waals surface area contributed by atoms with Crippen molar-refractivity contribution in [2.24, 2.45) is 0 Å². The topological polar surface area (TPSA) is 76.1 Å². The highest BCUT2D eigenvalue weighted by molar-refractivity contribution is 6.46. The van der Waals surface area contributed by atoms with Gasteiger partial charge in [-0.3, -0.25) is 9.59 Å². The van der Waals surface area contributed by atoms with Gasteiger partial charge in [-0.15, -0.1) is 0 Å². The van der Waals surface area contributed by atoms with E-state index in [0.29, 0.717) is 35.6 Å². The summed E-state index contributed by atoms with van der Waals surface area (Å²) in [6.07, 6.45) is 0.584. The molecule has 0 saturated carbocycles. The maximum Gasteiger partial charge on any atom is 0.295 e. The molecule has 0 bridgehead atoms. The average molecular weight is 427 g/mol. The fourth-order valence-corrected chi connectivity index (χ4v) is 4.19. The van der Waals surface area contributed by atoms with Gasteiger partial charge in [-0.1, -0.05) is 66.7 Å². The van der Waals surface area contributed by atoms with Crippen LogP contribution in [0.2, 0.25) is 0 Å². The first-order valence-corrected chi connectivity index (χ1v) is 10.4. The van der Waals surface area contributed by atoms with Crippen molar-refractivity contribution in [3.8, 4) is 11.5 Å². The van der Waals surface area contributed by atoms with E-state index in [-0.39, 0.29) is 18.1 Å². The van der Waals surface area contributed by atoms with Crippen LogP contribution in [0.15, 0.2) is 84.4 Å². The number of nitrogens with zero attached hydrogens (tertiary/aromatic N) is 1. The number of hydrogen-bond donors (Lipinski definition) is 1. The number of hydrogen-bond acceptors (Lipinski definition) is 5. The number of amides is 1. The zero-order valence-corrected chi connectivity index (χ0v) is 17.2. The lowest BCUT2D eigenvalue weighted by Crippen LogP contribution is -2.31. The second-order valence-corrected chi connectivity index (χ2v) is 7.71. The number of likely N-dealkylation sites (tertiary alicyclic amines) is 1. The predicted octanol–water partition coefficient (Wildman–Crippen LogP) is 4.08. The van der Waals surface area contributed by atoms with E-state index in [1.165, 1.54) is 4.90 Å². The maximum absolute atomic E-state index is 13.1.